The van der Waals surface area contributed by atoms with E-state index in [-0.39, 0.29) is 11.9 Å². The Balaban J connectivity index is 1.93. The molecule has 0 radical (unpaired) electrons. The summed E-state index contributed by atoms with van der Waals surface area (Å²) in [5, 5.41) is 1.43. The third-order valence-electron chi connectivity index (χ3n) is 4.07. The molecule has 1 aliphatic rings. The number of rotatable bonds is 3. The number of fused-ring (bicyclic) bond motifs is 1. The predicted molar refractivity (Wildman–Crippen MR) is 84.5 cm³/mol. The van der Waals surface area contributed by atoms with Crippen LogP contribution in [0.5, 0.6) is 0 Å². The summed E-state index contributed by atoms with van der Waals surface area (Å²) in [4.78, 5) is 24.6. The summed E-state index contributed by atoms with van der Waals surface area (Å²) in [5.74, 6) is 0.379. The summed E-state index contributed by atoms with van der Waals surface area (Å²) in [6, 6.07) is -0.213. The van der Waals surface area contributed by atoms with E-state index >= 15 is 0 Å². The summed E-state index contributed by atoms with van der Waals surface area (Å²) in [5.41, 5.74) is 6.58. The molecule has 1 fully saturated rings. The van der Waals surface area contributed by atoms with Crippen LogP contribution in [0.15, 0.2) is 0 Å². The summed E-state index contributed by atoms with van der Waals surface area (Å²) in [6.07, 6.45) is 1.78. The number of hydrogen-bond donors (Lipinski definition) is 1. The second kappa shape index (κ2) is 5.51. The number of halogens is 1. The highest BCUT2D eigenvalue weighted by molar-refractivity contribution is 7.18. The third-order valence-corrected chi connectivity index (χ3v) is 5.44. The van der Waals surface area contributed by atoms with Crippen LogP contribution in [0, 0.1) is 13.8 Å². The zero-order valence-electron chi connectivity index (χ0n) is 12.0. The highest BCUT2D eigenvalue weighted by Crippen LogP contribution is 2.33. The van der Waals surface area contributed by atoms with Crippen LogP contribution in [-0.4, -0.2) is 33.4 Å². The van der Waals surface area contributed by atoms with Gasteiger partial charge in [0.1, 0.15) is 15.8 Å². The number of carbonyl (C=O) groups excluding carboxylic acids is 1. The minimum Gasteiger partial charge on any atom is -0.368 e. The van der Waals surface area contributed by atoms with E-state index in [4.69, 9.17) is 17.3 Å². The lowest BCUT2D eigenvalue weighted by molar-refractivity contribution is -0.122. The number of nitrogens with two attached hydrogens (primary N) is 1. The summed E-state index contributed by atoms with van der Waals surface area (Å²) in [6.45, 7) is 5.45. The largest absolute Gasteiger partial charge is 0.368 e. The number of thiophene rings is 1. The first kappa shape index (κ1) is 14.7. The maximum atomic E-state index is 11.4. The van der Waals surface area contributed by atoms with Gasteiger partial charge in [0.05, 0.1) is 18.0 Å². The Labute approximate surface area is 132 Å². The Bertz CT molecular complexity index is 715. The van der Waals surface area contributed by atoms with E-state index in [2.05, 4.69) is 16.9 Å². The molecule has 0 aliphatic carbocycles. The van der Waals surface area contributed by atoms with Gasteiger partial charge in [0.15, 0.2) is 0 Å². The van der Waals surface area contributed by atoms with Gasteiger partial charge in [-0.2, -0.15) is 0 Å². The fourth-order valence-corrected chi connectivity index (χ4v) is 4.26. The molecule has 21 heavy (non-hydrogen) atoms. The lowest BCUT2D eigenvalue weighted by Crippen LogP contribution is -2.40. The first-order valence-electron chi connectivity index (χ1n) is 6.93. The Morgan fingerprint density at radius 3 is 2.95 bits per heavy atom. The highest BCUT2D eigenvalue weighted by Gasteiger charge is 2.29. The van der Waals surface area contributed by atoms with Crippen molar-refractivity contribution < 1.29 is 4.79 Å². The van der Waals surface area contributed by atoms with Gasteiger partial charge in [-0.1, -0.05) is 11.6 Å². The van der Waals surface area contributed by atoms with Crippen molar-refractivity contribution in [3.63, 3.8) is 0 Å². The Hall–Kier alpha value is -1.24. The zero-order chi connectivity index (χ0) is 15.1. The standard InChI is InChI=1S/C14H17ClN4OS/c1-7-8(2)21-14-11(7)12(15)17-10(18-14)6-19-5-3-4-9(19)13(16)20/h9H,3-6H2,1-2H3,(H2,16,20). The molecule has 0 bridgehead atoms. The molecule has 3 heterocycles. The molecule has 3 rings (SSSR count). The van der Waals surface area contributed by atoms with Gasteiger partial charge in [0.2, 0.25) is 5.91 Å². The number of nitrogens with zero attached hydrogens (tertiary/aromatic N) is 3. The van der Waals surface area contributed by atoms with Crippen LogP contribution in [0.1, 0.15) is 29.1 Å². The van der Waals surface area contributed by atoms with E-state index in [0.717, 1.165) is 35.2 Å². The Morgan fingerprint density at radius 2 is 2.24 bits per heavy atom. The second-order valence-corrected chi connectivity index (χ2v) is 6.99. The molecule has 2 aromatic rings. The predicted octanol–water partition coefficient (Wildman–Crippen LogP) is 2.41. The monoisotopic (exact) mass is 324 g/mol. The zero-order valence-corrected chi connectivity index (χ0v) is 13.6. The molecule has 5 nitrogen and oxygen atoms in total. The molecule has 7 heteroatoms. The van der Waals surface area contributed by atoms with Crippen molar-refractivity contribution in [2.24, 2.45) is 5.73 Å². The van der Waals surface area contributed by atoms with E-state index in [0.29, 0.717) is 17.5 Å². The number of amides is 1. The van der Waals surface area contributed by atoms with Crippen LogP contribution in [0.3, 0.4) is 0 Å². The van der Waals surface area contributed by atoms with Gasteiger partial charge in [-0.25, -0.2) is 9.97 Å². The van der Waals surface area contributed by atoms with Gasteiger partial charge in [-0.15, -0.1) is 11.3 Å². The van der Waals surface area contributed by atoms with Gasteiger partial charge in [-0.05, 0) is 38.8 Å². The first-order chi connectivity index (χ1) is 9.97. The van der Waals surface area contributed by atoms with E-state index in [1.54, 1.807) is 11.3 Å². The summed E-state index contributed by atoms with van der Waals surface area (Å²) < 4.78 is 0. The molecule has 0 aromatic carbocycles. The normalized spacial score (nSPS) is 19.5. The van der Waals surface area contributed by atoms with Crippen molar-refractivity contribution in [2.45, 2.75) is 39.3 Å². The summed E-state index contributed by atoms with van der Waals surface area (Å²) >= 11 is 7.94. The van der Waals surface area contributed by atoms with E-state index in [9.17, 15) is 4.79 Å². The van der Waals surface area contributed by atoms with Crippen molar-refractivity contribution in [1.82, 2.24) is 14.9 Å². The van der Waals surface area contributed by atoms with Crippen molar-refractivity contribution in [1.29, 1.82) is 0 Å². The Kier molecular flexibility index (Phi) is 3.86. The van der Waals surface area contributed by atoms with Crippen LogP contribution in [0.25, 0.3) is 10.2 Å². The minimum absolute atomic E-state index is 0.213. The minimum atomic E-state index is -0.275. The van der Waals surface area contributed by atoms with Crippen LogP contribution < -0.4 is 5.73 Å². The molecule has 2 aromatic heterocycles. The Morgan fingerprint density at radius 1 is 1.48 bits per heavy atom. The molecule has 1 amide bonds. The van der Waals surface area contributed by atoms with Crippen molar-refractivity contribution in [2.75, 3.05) is 6.54 Å². The quantitative estimate of drug-likeness (QED) is 0.880. The molecule has 1 unspecified atom stereocenters. The maximum Gasteiger partial charge on any atom is 0.234 e. The average molecular weight is 325 g/mol. The van der Waals surface area contributed by atoms with E-state index < -0.39 is 0 Å². The number of aryl methyl sites for hydroxylation is 2. The molecule has 1 atom stereocenters. The first-order valence-corrected chi connectivity index (χ1v) is 8.12. The average Bonchev–Trinajstić information content (AvgIpc) is 2.96. The van der Waals surface area contributed by atoms with Crippen LogP contribution in [0.4, 0.5) is 0 Å². The number of aromatic nitrogens is 2. The second-order valence-electron chi connectivity index (χ2n) is 5.42. The number of carbonyl (C=O) groups is 1. The van der Waals surface area contributed by atoms with Crippen molar-refractivity contribution in [3.8, 4) is 0 Å². The van der Waals surface area contributed by atoms with Crippen molar-refractivity contribution >= 4 is 39.1 Å². The SMILES string of the molecule is Cc1sc2nc(CN3CCCC3C(N)=O)nc(Cl)c2c1C. The van der Waals surface area contributed by atoms with Gasteiger partial charge in [0, 0.05) is 4.88 Å². The maximum absolute atomic E-state index is 11.4. The molecular weight excluding hydrogens is 308 g/mol. The van der Waals surface area contributed by atoms with Gasteiger partial charge in [-0.3, -0.25) is 9.69 Å². The van der Waals surface area contributed by atoms with Gasteiger partial charge in [0.25, 0.3) is 0 Å². The molecule has 1 aliphatic heterocycles. The molecule has 0 spiro atoms. The molecule has 1 saturated heterocycles. The topological polar surface area (TPSA) is 72.1 Å². The van der Waals surface area contributed by atoms with Gasteiger partial charge >= 0.3 is 0 Å². The molecular formula is C14H17ClN4OS. The van der Waals surface area contributed by atoms with E-state index in [1.165, 1.54) is 4.88 Å². The van der Waals surface area contributed by atoms with Crippen LogP contribution in [0.2, 0.25) is 5.15 Å². The van der Waals surface area contributed by atoms with Crippen LogP contribution in [-0.2, 0) is 11.3 Å². The summed E-state index contributed by atoms with van der Waals surface area (Å²) in [7, 11) is 0. The lowest BCUT2D eigenvalue weighted by atomic mass is 10.2. The molecule has 112 valence electrons. The lowest BCUT2D eigenvalue weighted by Gasteiger charge is -2.20. The number of hydrogen-bond acceptors (Lipinski definition) is 5. The third kappa shape index (κ3) is 2.63. The molecule has 0 saturated carbocycles. The fraction of sp³-hybridized carbons (Fsp3) is 0.500. The van der Waals surface area contributed by atoms with Crippen molar-refractivity contribution in [3.05, 3.63) is 21.4 Å². The number of primary amides is 1. The molecule has 2 N–H and O–H groups in total. The van der Waals surface area contributed by atoms with Gasteiger partial charge < -0.3 is 5.73 Å². The highest BCUT2D eigenvalue weighted by atomic mass is 35.5. The van der Waals surface area contributed by atoms with E-state index in [1.807, 2.05) is 11.8 Å². The van der Waals surface area contributed by atoms with Crippen LogP contribution >= 0.6 is 22.9 Å². The smallest absolute Gasteiger partial charge is 0.234 e. The number of likely N-dealkylation sites (tertiary alicyclic amines) is 1. The fourth-order valence-electron chi connectivity index (χ4n) is 2.83.